The first kappa shape index (κ1) is 16.9. The summed E-state index contributed by atoms with van der Waals surface area (Å²) in [6, 6.07) is 3.10. The maximum absolute atomic E-state index is 12.6. The van der Waals surface area contributed by atoms with Crippen LogP contribution < -0.4 is 5.32 Å². The fraction of sp³-hybridized carbons (Fsp3) is 0.667. The number of hydrogen-bond acceptors (Lipinski definition) is 3. The van der Waals surface area contributed by atoms with Crippen LogP contribution in [0.5, 0.6) is 0 Å². The van der Waals surface area contributed by atoms with Crippen LogP contribution in [0.15, 0.2) is 16.5 Å². The normalized spacial score (nSPS) is 12.9. The Morgan fingerprint density at radius 3 is 2.40 bits per heavy atom. The van der Waals surface area contributed by atoms with Gasteiger partial charge in [0.2, 0.25) is 0 Å². The van der Waals surface area contributed by atoms with E-state index in [0.717, 1.165) is 13.0 Å². The summed E-state index contributed by atoms with van der Waals surface area (Å²) in [5, 5.41) is 3.06. The highest BCUT2D eigenvalue weighted by molar-refractivity contribution is 5.06. The lowest BCUT2D eigenvalue weighted by atomic mass is 10.3. The topological polar surface area (TPSA) is 34.4 Å². The molecule has 0 unspecified atom stereocenters. The van der Waals surface area contributed by atoms with Crippen molar-refractivity contribution < 1.29 is 31.1 Å². The molecule has 8 heteroatoms. The maximum atomic E-state index is 12.6. The zero-order chi connectivity index (χ0) is 15.2. The molecule has 0 aromatic carbocycles. The monoisotopic (exact) mass is 301 g/mol. The van der Waals surface area contributed by atoms with Crippen LogP contribution in [-0.4, -0.2) is 25.3 Å². The van der Waals surface area contributed by atoms with E-state index in [9.17, 15) is 22.0 Å². The Morgan fingerprint density at radius 2 is 1.80 bits per heavy atom. The third-order valence-electron chi connectivity index (χ3n) is 2.39. The van der Waals surface area contributed by atoms with Gasteiger partial charge in [0.15, 0.2) is 0 Å². The summed E-state index contributed by atoms with van der Waals surface area (Å²) in [7, 11) is 0. The van der Waals surface area contributed by atoms with Crippen molar-refractivity contribution in [3.8, 4) is 0 Å². The van der Waals surface area contributed by atoms with Crippen LogP contribution in [0.1, 0.15) is 24.9 Å². The number of rotatable bonds is 8. The van der Waals surface area contributed by atoms with E-state index < -0.39 is 25.3 Å². The summed E-state index contributed by atoms with van der Waals surface area (Å²) >= 11 is 0. The van der Waals surface area contributed by atoms with Crippen LogP contribution in [0.3, 0.4) is 0 Å². The number of halogens is 5. The molecule has 1 aromatic rings. The lowest BCUT2D eigenvalue weighted by Gasteiger charge is -2.18. The second-order valence-corrected chi connectivity index (χ2v) is 4.24. The van der Waals surface area contributed by atoms with Gasteiger partial charge in [0.25, 0.3) is 0 Å². The molecule has 20 heavy (non-hydrogen) atoms. The van der Waals surface area contributed by atoms with Gasteiger partial charge in [-0.25, -0.2) is 0 Å². The lowest BCUT2D eigenvalue weighted by Crippen LogP contribution is -2.40. The van der Waals surface area contributed by atoms with Crippen LogP contribution in [0.25, 0.3) is 0 Å². The highest BCUT2D eigenvalue weighted by Gasteiger charge is 2.57. The van der Waals surface area contributed by atoms with Crippen molar-refractivity contribution in [3.63, 3.8) is 0 Å². The van der Waals surface area contributed by atoms with Crippen molar-refractivity contribution in [2.45, 2.75) is 38.6 Å². The van der Waals surface area contributed by atoms with Gasteiger partial charge in [-0.3, -0.25) is 0 Å². The smallest absolute Gasteiger partial charge is 0.455 e. The van der Waals surface area contributed by atoms with Gasteiger partial charge in [-0.05, 0) is 25.1 Å². The molecule has 0 bridgehead atoms. The van der Waals surface area contributed by atoms with Gasteiger partial charge < -0.3 is 14.5 Å². The molecule has 3 nitrogen and oxygen atoms in total. The second kappa shape index (κ2) is 7.03. The molecule has 116 valence electrons. The van der Waals surface area contributed by atoms with E-state index in [2.05, 4.69) is 10.1 Å². The molecule has 0 aliphatic heterocycles. The summed E-state index contributed by atoms with van der Waals surface area (Å²) < 4.78 is 70.3. The highest BCUT2D eigenvalue weighted by atomic mass is 19.4. The summed E-state index contributed by atoms with van der Waals surface area (Å²) in [6.45, 7) is 1.10. The molecule has 1 N–H and O–H groups in total. The average Bonchev–Trinajstić information content (AvgIpc) is 2.76. The average molecular weight is 301 g/mol. The van der Waals surface area contributed by atoms with Crippen LogP contribution >= 0.6 is 0 Å². The minimum atomic E-state index is -5.61. The largest absolute Gasteiger partial charge is 0.462 e. The van der Waals surface area contributed by atoms with Crippen molar-refractivity contribution in [1.82, 2.24) is 5.32 Å². The van der Waals surface area contributed by atoms with E-state index >= 15 is 0 Å². The molecule has 0 saturated carbocycles. The predicted octanol–water partition coefficient (Wildman–Crippen LogP) is 3.49. The molecule has 0 saturated heterocycles. The molecule has 0 aliphatic carbocycles. The molecule has 1 aromatic heterocycles. The van der Waals surface area contributed by atoms with E-state index in [4.69, 9.17) is 4.42 Å². The minimum Gasteiger partial charge on any atom is -0.462 e. The molecule has 1 rings (SSSR count). The van der Waals surface area contributed by atoms with E-state index in [-0.39, 0.29) is 5.76 Å². The Morgan fingerprint density at radius 1 is 1.15 bits per heavy atom. The summed E-state index contributed by atoms with van der Waals surface area (Å²) in [5.41, 5.74) is 0. The van der Waals surface area contributed by atoms with Gasteiger partial charge >= 0.3 is 12.1 Å². The fourth-order valence-corrected chi connectivity index (χ4v) is 1.34. The zero-order valence-electron chi connectivity index (χ0n) is 10.9. The molecular weight excluding hydrogens is 285 g/mol. The second-order valence-electron chi connectivity index (χ2n) is 4.24. The Labute approximate surface area is 113 Å². The molecule has 0 amide bonds. The van der Waals surface area contributed by atoms with E-state index in [0.29, 0.717) is 12.3 Å². The Kier molecular flexibility index (Phi) is 5.94. The van der Waals surface area contributed by atoms with Gasteiger partial charge in [-0.2, -0.15) is 22.0 Å². The van der Waals surface area contributed by atoms with Crippen LogP contribution in [0.4, 0.5) is 22.0 Å². The number of ether oxygens (including phenoxy) is 1. The van der Waals surface area contributed by atoms with Gasteiger partial charge in [0.1, 0.15) is 24.7 Å². The number of furan rings is 1. The highest BCUT2D eigenvalue weighted by Crippen LogP contribution is 2.35. The third kappa shape index (κ3) is 5.09. The van der Waals surface area contributed by atoms with Crippen LogP contribution in [0.2, 0.25) is 0 Å². The molecule has 0 atom stereocenters. The summed E-state index contributed by atoms with van der Waals surface area (Å²) in [6.07, 6.45) is -4.66. The van der Waals surface area contributed by atoms with Gasteiger partial charge in [-0.15, -0.1) is 0 Å². The third-order valence-corrected chi connectivity index (χ3v) is 2.39. The Bertz CT molecular complexity index is 403. The van der Waals surface area contributed by atoms with Crippen molar-refractivity contribution >= 4 is 0 Å². The summed E-state index contributed by atoms with van der Waals surface area (Å²) in [5.74, 6) is -4.08. The molecule has 0 fully saturated rings. The fourth-order valence-electron chi connectivity index (χ4n) is 1.34. The Balaban J connectivity index is 2.36. The van der Waals surface area contributed by atoms with E-state index in [1.54, 1.807) is 6.07 Å². The number of alkyl halides is 5. The summed E-state index contributed by atoms with van der Waals surface area (Å²) in [4.78, 5) is 0. The van der Waals surface area contributed by atoms with Crippen molar-refractivity contribution in [2.24, 2.45) is 0 Å². The predicted molar refractivity (Wildman–Crippen MR) is 61.4 cm³/mol. The molecule has 0 aliphatic rings. The zero-order valence-corrected chi connectivity index (χ0v) is 10.9. The molecular formula is C12H16F5NO2. The maximum Gasteiger partial charge on any atom is 0.455 e. The first-order valence-electron chi connectivity index (χ1n) is 6.07. The minimum absolute atomic E-state index is 0.205. The first-order valence-corrected chi connectivity index (χ1v) is 6.07. The van der Waals surface area contributed by atoms with Crippen LogP contribution in [-0.2, 0) is 17.9 Å². The first-order chi connectivity index (χ1) is 9.26. The van der Waals surface area contributed by atoms with Crippen LogP contribution in [0, 0.1) is 0 Å². The Hall–Kier alpha value is -1.15. The SMILES string of the molecule is CCCNCc1ccc(COCC(F)(F)C(F)(F)F)o1. The van der Waals surface area contributed by atoms with E-state index in [1.165, 1.54) is 6.07 Å². The number of nitrogens with one attached hydrogen (secondary N) is 1. The quantitative estimate of drug-likeness (QED) is 0.589. The lowest BCUT2D eigenvalue weighted by molar-refractivity contribution is -0.297. The molecule has 0 radical (unpaired) electrons. The van der Waals surface area contributed by atoms with E-state index in [1.807, 2.05) is 6.92 Å². The molecule has 0 spiro atoms. The number of hydrogen-bond donors (Lipinski definition) is 1. The van der Waals surface area contributed by atoms with Crippen molar-refractivity contribution in [1.29, 1.82) is 0 Å². The standard InChI is InChI=1S/C12H16F5NO2/c1-2-5-18-6-9-3-4-10(20-9)7-19-8-11(13,14)12(15,16)17/h3-4,18H,2,5-8H2,1H3. The van der Waals surface area contributed by atoms with Gasteiger partial charge in [-0.1, -0.05) is 6.92 Å². The van der Waals surface area contributed by atoms with Crippen molar-refractivity contribution in [2.75, 3.05) is 13.2 Å². The van der Waals surface area contributed by atoms with Gasteiger partial charge in [0, 0.05) is 0 Å². The molecule has 1 heterocycles. The van der Waals surface area contributed by atoms with Crippen molar-refractivity contribution in [3.05, 3.63) is 23.7 Å². The van der Waals surface area contributed by atoms with Gasteiger partial charge in [0.05, 0.1) is 6.54 Å².